The summed E-state index contributed by atoms with van der Waals surface area (Å²) >= 11 is 0. The minimum Gasteiger partial charge on any atom is -0.488 e. The van der Waals surface area contributed by atoms with Gasteiger partial charge in [0.15, 0.2) is 6.61 Å². The van der Waals surface area contributed by atoms with E-state index in [4.69, 9.17) is 9.47 Å². The SMILES string of the molecule is O=C1COc2cccc(c2)-c2cncc(c2)C(=O)N[C@@H]2CN(C(=O)CCc3nc4ccccc4[nH]3)CC[C@@H]2Oc2ccc(cc2)CN1. The van der Waals surface area contributed by atoms with E-state index in [2.05, 4.69) is 25.6 Å². The van der Waals surface area contributed by atoms with Gasteiger partial charge in [-0.3, -0.25) is 19.4 Å². The van der Waals surface area contributed by atoms with Crippen molar-refractivity contribution in [2.45, 2.75) is 38.0 Å². The lowest BCUT2D eigenvalue weighted by Crippen LogP contribution is -2.58. The van der Waals surface area contributed by atoms with Crippen LogP contribution in [0.5, 0.6) is 11.5 Å². The molecule has 11 heteroatoms. The van der Waals surface area contributed by atoms with Gasteiger partial charge in [0.2, 0.25) is 5.91 Å². The zero-order chi connectivity index (χ0) is 32.2. The monoisotopic (exact) mass is 630 g/mol. The van der Waals surface area contributed by atoms with Crippen LogP contribution in [0.2, 0.25) is 0 Å². The number of benzene rings is 3. The third kappa shape index (κ3) is 7.09. The number of rotatable bonds is 3. The van der Waals surface area contributed by atoms with E-state index < -0.39 is 6.04 Å². The normalized spacial score (nSPS) is 18.3. The zero-order valence-corrected chi connectivity index (χ0v) is 25.6. The van der Waals surface area contributed by atoms with E-state index in [-0.39, 0.29) is 30.4 Å². The van der Waals surface area contributed by atoms with E-state index in [1.807, 2.05) is 66.7 Å². The van der Waals surface area contributed by atoms with E-state index in [1.165, 1.54) is 6.20 Å². The number of aromatic nitrogens is 3. The second-order valence-corrected chi connectivity index (χ2v) is 11.8. The summed E-state index contributed by atoms with van der Waals surface area (Å²) in [4.78, 5) is 53.6. The van der Waals surface area contributed by atoms with Gasteiger partial charge in [-0.15, -0.1) is 0 Å². The van der Waals surface area contributed by atoms with Crippen molar-refractivity contribution in [2.75, 3.05) is 19.7 Å². The Balaban J connectivity index is 1.12. The van der Waals surface area contributed by atoms with Gasteiger partial charge < -0.3 is 30.0 Å². The van der Waals surface area contributed by atoms with Crippen LogP contribution in [0, 0.1) is 0 Å². The first-order chi connectivity index (χ1) is 23.0. The third-order valence-corrected chi connectivity index (χ3v) is 8.47. The summed E-state index contributed by atoms with van der Waals surface area (Å²) in [6.45, 7) is 1.00. The highest BCUT2D eigenvalue weighted by Crippen LogP contribution is 2.25. The number of hydrogen-bond acceptors (Lipinski definition) is 7. The molecule has 0 spiro atoms. The molecule has 5 aromatic rings. The first-order valence-corrected chi connectivity index (χ1v) is 15.7. The van der Waals surface area contributed by atoms with Crippen LogP contribution in [0.3, 0.4) is 0 Å². The second-order valence-electron chi connectivity index (χ2n) is 11.8. The van der Waals surface area contributed by atoms with E-state index >= 15 is 0 Å². The smallest absolute Gasteiger partial charge is 0.258 e. The van der Waals surface area contributed by atoms with Gasteiger partial charge in [0.05, 0.1) is 22.6 Å². The first kappa shape index (κ1) is 30.0. The Labute approximate surface area is 271 Å². The summed E-state index contributed by atoms with van der Waals surface area (Å²) in [5.74, 6) is 1.35. The number of piperidine rings is 1. The average Bonchev–Trinajstić information content (AvgIpc) is 3.53. The molecule has 8 rings (SSSR count). The number of para-hydroxylation sites is 2. The Morgan fingerprint density at radius 1 is 0.915 bits per heavy atom. The predicted octanol–water partition coefficient (Wildman–Crippen LogP) is 4.04. The standard InChI is InChI=1S/C36H34N6O5/c43-34-22-46-28-5-3-4-24(17-28)25-16-26(20-37-19-25)36(45)41-31-21-42(15-14-32(31)47-27-10-8-23(9-11-27)18-38-34)35(44)13-12-33-39-29-6-1-2-7-30(29)40-33/h1-11,16-17,19-20,31-32H,12-15,18,21-22H2,(H,38,43)(H,39,40)(H,41,45)/t31-,32+/m1/s1. The van der Waals surface area contributed by atoms with Gasteiger partial charge in [-0.2, -0.15) is 0 Å². The number of aryl methyl sites for hydroxylation is 1. The topological polar surface area (TPSA) is 139 Å². The Bertz CT molecular complexity index is 1890. The van der Waals surface area contributed by atoms with Crippen LogP contribution in [0.1, 0.15) is 34.6 Å². The minimum absolute atomic E-state index is 0.0123. The highest BCUT2D eigenvalue weighted by Gasteiger charge is 2.34. The summed E-state index contributed by atoms with van der Waals surface area (Å²) in [6.07, 6.45) is 4.12. The van der Waals surface area contributed by atoms with Crippen LogP contribution in [0.25, 0.3) is 22.2 Å². The van der Waals surface area contributed by atoms with Gasteiger partial charge in [-0.1, -0.05) is 36.4 Å². The molecular weight excluding hydrogens is 596 g/mol. The van der Waals surface area contributed by atoms with Crippen LogP contribution in [0.15, 0.2) is 91.3 Å². The number of likely N-dealkylation sites (tertiary alicyclic amines) is 1. The molecule has 0 saturated carbocycles. The highest BCUT2D eigenvalue weighted by atomic mass is 16.5. The molecule has 0 aliphatic carbocycles. The molecule has 2 atom stereocenters. The average molecular weight is 631 g/mol. The summed E-state index contributed by atoms with van der Waals surface area (Å²) in [5.41, 5.74) is 4.61. The second kappa shape index (κ2) is 13.3. The highest BCUT2D eigenvalue weighted by molar-refractivity contribution is 5.95. The lowest BCUT2D eigenvalue weighted by Gasteiger charge is -2.39. The lowest BCUT2D eigenvalue weighted by molar-refractivity contribution is -0.133. The van der Waals surface area contributed by atoms with Gasteiger partial charge in [0, 0.05) is 56.9 Å². The molecule has 238 valence electrons. The largest absolute Gasteiger partial charge is 0.488 e. The molecule has 3 amide bonds. The van der Waals surface area contributed by atoms with Gasteiger partial charge >= 0.3 is 0 Å². The first-order valence-electron chi connectivity index (χ1n) is 15.7. The molecule has 1 fully saturated rings. The van der Waals surface area contributed by atoms with E-state index in [1.54, 1.807) is 23.2 Å². The molecule has 1 saturated heterocycles. The van der Waals surface area contributed by atoms with Crippen LogP contribution in [0.4, 0.5) is 0 Å². The van der Waals surface area contributed by atoms with Crippen molar-refractivity contribution in [1.82, 2.24) is 30.5 Å². The van der Waals surface area contributed by atoms with E-state index in [0.717, 1.165) is 33.5 Å². The number of H-pyrrole nitrogens is 1. The van der Waals surface area contributed by atoms with Crippen LogP contribution >= 0.6 is 0 Å². The number of carbonyl (C=O) groups is 3. The maximum Gasteiger partial charge on any atom is 0.258 e. The number of nitrogens with zero attached hydrogens (tertiary/aromatic N) is 3. The van der Waals surface area contributed by atoms with Crippen molar-refractivity contribution < 1.29 is 23.9 Å². The molecule has 6 bridgehead atoms. The molecule has 3 aromatic carbocycles. The maximum absolute atomic E-state index is 13.7. The molecule has 0 radical (unpaired) electrons. The van der Waals surface area contributed by atoms with Crippen molar-refractivity contribution in [3.8, 4) is 22.6 Å². The molecule has 11 nitrogen and oxygen atoms in total. The fourth-order valence-electron chi connectivity index (χ4n) is 5.94. The van der Waals surface area contributed by atoms with Crippen molar-refractivity contribution in [3.05, 3.63) is 108 Å². The molecule has 3 N–H and O–H groups in total. The van der Waals surface area contributed by atoms with Gasteiger partial charge in [-0.25, -0.2) is 4.98 Å². The number of imidazole rings is 1. The van der Waals surface area contributed by atoms with Gasteiger partial charge in [0.25, 0.3) is 11.8 Å². The van der Waals surface area contributed by atoms with Crippen LogP contribution in [-0.4, -0.2) is 69.4 Å². The number of ether oxygens (including phenoxy) is 2. The molecule has 2 aromatic heterocycles. The van der Waals surface area contributed by atoms with Crippen molar-refractivity contribution in [3.63, 3.8) is 0 Å². The summed E-state index contributed by atoms with van der Waals surface area (Å²) in [5, 5.41) is 6.02. The lowest BCUT2D eigenvalue weighted by atomic mass is 10.00. The molecule has 47 heavy (non-hydrogen) atoms. The number of amides is 3. The quantitative estimate of drug-likeness (QED) is 0.274. The van der Waals surface area contributed by atoms with Gasteiger partial charge in [0.1, 0.15) is 23.4 Å². The third-order valence-electron chi connectivity index (χ3n) is 8.47. The molecule has 3 aliphatic rings. The Morgan fingerprint density at radius 2 is 1.77 bits per heavy atom. The van der Waals surface area contributed by atoms with Crippen LogP contribution < -0.4 is 20.1 Å². The fraction of sp³-hybridized carbons (Fsp3) is 0.250. The Hall–Kier alpha value is -5.71. The summed E-state index contributed by atoms with van der Waals surface area (Å²) in [6, 6.07) is 23.8. The zero-order valence-electron chi connectivity index (χ0n) is 25.6. The predicted molar refractivity (Wildman–Crippen MR) is 175 cm³/mol. The van der Waals surface area contributed by atoms with Crippen molar-refractivity contribution in [2.24, 2.45) is 0 Å². The Kier molecular flexibility index (Phi) is 8.50. The number of pyridine rings is 1. The van der Waals surface area contributed by atoms with Crippen LogP contribution in [-0.2, 0) is 22.6 Å². The number of nitrogens with one attached hydrogen (secondary N) is 3. The Morgan fingerprint density at radius 3 is 2.64 bits per heavy atom. The number of aromatic amines is 1. The summed E-state index contributed by atoms with van der Waals surface area (Å²) in [7, 11) is 0. The number of carbonyl (C=O) groups excluding carboxylic acids is 3. The minimum atomic E-state index is -0.476. The molecule has 0 unspecified atom stereocenters. The van der Waals surface area contributed by atoms with Crippen molar-refractivity contribution >= 4 is 28.8 Å². The van der Waals surface area contributed by atoms with E-state index in [0.29, 0.717) is 56.0 Å². The number of hydrogen-bond donors (Lipinski definition) is 3. The van der Waals surface area contributed by atoms with E-state index in [9.17, 15) is 14.4 Å². The molecular formula is C36H34N6O5. The maximum atomic E-state index is 13.7. The summed E-state index contributed by atoms with van der Waals surface area (Å²) < 4.78 is 12.1. The fourth-order valence-corrected chi connectivity index (χ4v) is 5.94. The molecule has 5 heterocycles. The van der Waals surface area contributed by atoms with Crippen molar-refractivity contribution in [1.29, 1.82) is 0 Å². The van der Waals surface area contributed by atoms with Gasteiger partial charge in [-0.05, 0) is 53.6 Å². The molecule has 3 aliphatic heterocycles. The number of fused-ring (bicyclic) bond motifs is 8.